The number of benzene rings is 1. The molecule has 1 saturated carbocycles. The topological polar surface area (TPSA) is 38.1 Å². The molecular weight excluding hydrogens is 310 g/mol. The molecule has 0 saturated heterocycles. The highest BCUT2D eigenvalue weighted by Crippen LogP contribution is 2.46. The first-order chi connectivity index (χ1) is 10.7. The van der Waals surface area contributed by atoms with Gasteiger partial charge in [-0.25, -0.2) is 4.98 Å². The van der Waals surface area contributed by atoms with Crippen LogP contribution in [0.3, 0.4) is 0 Å². The van der Waals surface area contributed by atoms with Crippen molar-refractivity contribution in [3.63, 3.8) is 0 Å². The van der Waals surface area contributed by atoms with Crippen LogP contribution in [0.15, 0.2) is 36.7 Å². The van der Waals surface area contributed by atoms with Crippen molar-refractivity contribution in [2.75, 3.05) is 11.9 Å². The maximum Gasteiger partial charge on any atom is 0.147 e. The van der Waals surface area contributed by atoms with Crippen LogP contribution in [0.5, 0.6) is 0 Å². The first-order valence-electron chi connectivity index (χ1n) is 8.00. The van der Waals surface area contributed by atoms with E-state index >= 15 is 0 Å². The van der Waals surface area contributed by atoms with Gasteiger partial charge in [-0.3, -0.25) is 4.79 Å². The van der Waals surface area contributed by atoms with Gasteiger partial charge in [0, 0.05) is 43.6 Å². The molecule has 1 aliphatic heterocycles. The number of para-hydroxylation sites is 1. The van der Waals surface area contributed by atoms with Gasteiger partial charge < -0.3 is 9.47 Å². The molecule has 1 aromatic heterocycles. The maximum atomic E-state index is 13.1. The number of halogens is 1. The lowest BCUT2D eigenvalue weighted by Gasteiger charge is -2.34. The van der Waals surface area contributed by atoms with Crippen LogP contribution in [0.2, 0.25) is 0 Å². The summed E-state index contributed by atoms with van der Waals surface area (Å²) in [4.78, 5) is 19.7. The monoisotopic (exact) mass is 331 g/mol. The van der Waals surface area contributed by atoms with Crippen LogP contribution in [-0.4, -0.2) is 28.4 Å². The Kier molecular flexibility index (Phi) is 4.19. The van der Waals surface area contributed by atoms with Gasteiger partial charge in [0.1, 0.15) is 11.6 Å². The molecule has 1 aromatic carbocycles. The van der Waals surface area contributed by atoms with Crippen molar-refractivity contribution in [1.82, 2.24) is 9.55 Å². The van der Waals surface area contributed by atoms with Gasteiger partial charge in [0.25, 0.3) is 0 Å². The van der Waals surface area contributed by atoms with E-state index in [1.165, 1.54) is 11.3 Å². The van der Waals surface area contributed by atoms with Crippen molar-refractivity contribution in [2.45, 2.75) is 38.3 Å². The Hall–Kier alpha value is -1.81. The number of Topliss-reactive ketones (excluding diaryl/α,β-unsaturated/α-hetero) is 1. The minimum Gasteiger partial charge on any atom is -0.370 e. The van der Waals surface area contributed by atoms with E-state index < -0.39 is 0 Å². The average Bonchev–Trinajstić information content (AvgIpc) is 3.05. The van der Waals surface area contributed by atoms with Crippen molar-refractivity contribution in [2.24, 2.45) is 5.92 Å². The Labute approximate surface area is 142 Å². The standard InChI is InChI=1S/C18H21N3O.ClH/c1-12-19-9-10-21(12)11-13-7-8-16-17(18(13)22)14-5-3-4-6-15(14)20(16)2;/h3-6,9-10,13,16-17H,7-8,11H2,1-2H3;1H. The first-order valence-corrected chi connectivity index (χ1v) is 8.00. The number of ketones is 1. The number of aryl methyl sites for hydroxylation is 1. The fourth-order valence-corrected chi connectivity index (χ4v) is 4.17. The van der Waals surface area contributed by atoms with Crippen molar-refractivity contribution in [1.29, 1.82) is 0 Å². The zero-order chi connectivity index (χ0) is 15.3. The summed E-state index contributed by atoms with van der Waals surface area (Å²) in [6, 6.07) is 8.70. The summed E-state index contributed by atoms with van der Waals surface area (Å²) in [5, 5.41) is 0. The number of rotatable bonds is 2. The summed E-state index contributed by atoms with van der Waals surface area (Å²) in [6.45, 7) is 2.76. The Balaban J connectivity index is 0.00000156. The third-order valence-electron chi connectivity index (χ3n) is 5.39. The number of aromatic nitrogens is 2. The number of carbonyl (C=O) groups excluding carboxylic acids is 1. The molecule has 0 bridgehead atoms. The van der Waals surface area contributed by atoms with Crippen LogP contribution in [0, 0.1) is 12.8 Å². The number of fused-ring (bicyclic) bond motifs is 3. The molecule has 0 radical (unpaired) electrons. The summed E-state index contributed by atoms with van der Waals surface area (Å²) < 4.78 is 2.10. The third-order valence-corrected chi connectivity index (χ3v) is 5.39. The van der Waals surface area contributed by atoms with E-state index in [0.29, 0.717) is 11.8 Å². The molecule has 0 spiro atoms. The summed E-state index contributed by atoms with van der Waals surface area (Å²) in [5.74, 6) is 1.54. The van der Waals surface area contributed by atoms with Gasteiger partial charge in [-0.1, -0.05) is 18.2 Å². The molecule has 1 aliphatic carbocycles. The molecule has 3 atom stereocenters. The van der Waals surface area contributed by atoms with Crippen LogP contribution in [0.4, 0.5) is 5.69 Å². The normalized spacial score (nSPS) is 25.7. The zero-order valence-corrected chi connectivity index (χ0v) is 14.3. The highest BCUT2D eigenvalue weighted by Gasteiger charge is 2.46. The maximum absolute atomic E-state index is 13.1. The van der Waals surface area contributed by atoms with Gasteiger partial charge in [-0.05, 0) is 31.4 Å². The second-order valence-electron chi connectivity index (χ2n) is 6.52. The Morgan fingerprint density at radius 2 is 2.04 bits per heavy atom. The van der Waals surface area contributed by atoms with Crippen molar-refractivity contribution < 1.29 is 4.79 Å². The highest BCUT2D eigenvalue weighted by atomic mass is 35.5. The molecule has 4 nitrogen and oxygen atoms in total. The van der Waals surface area contributed by atoms with Gasteiger partial charge >= 0.3 is 0 Å². The number of hydrogen-bond donors (Lipinski definition) is 0. The molecule has 3 unspecified atom stereocenters. The predicted octanol–water partition coefficient (Wildman–Crippen LogP) is 3.19. The van der Waals surface area contributed by atoms with Crippen LogP contribution >= 0.6 is 12.4 Å². The van der Waals surface area contributed by atoms with E-state index in [2.05, 4.69) is 39.7 Å². The smallest absolute Gasteiger partial charge is 0.147 e. The number of carbonyl (C=O) groups is 1. The molecule has 2 aromatic rings. The molecule has 5 heteroatoms. The van der Waals surface area contributed by atoms with E-state index in [4.69, 9.17) is 0 Å². The quantitative estimate of drug-likeness (QED) is 0.848. The number of imidazole rings is 1. The summed E-state index contributed by atoms with van der Waals surface area (Å²) in [7, 11) is 2.12. The van der Waals surface area contributed by atoms with Gasteiger partial charge in [0.15, 0.2) is 0 Å². The molecule has 1 fully saturated rings. The van der Waals surface area contributed by atoms with Gasteiger partial charge in [0.2, 0.25) is 0 Å². The molecule has 23 heavy (non-hydrogen) atoms. The Bertz CT molecular complexity index is 727. The van der Waals surface area contributed by atoms with Gasteiger partial charge in [-0.2, -0.15) is 0 Å². The van der Waals surface area contributed by atoms with Gasteiger partial charge in [-0.15, -0.1) is 12.4 Å². The zero-order valence-electron chi connectivity index (χ0n) is 13.5. The largest absolute Gasteiger partial charge is 0.370 e. The predicted molar refractivity (Wildman–Crippen MR) is 93.3 cm³/mol. The number of nitrogens with zero attached hydrogens (tertiary/aromatic N) is 3. The Morgan fingerprint density at radius 3 is 2.78 bits per heavy atom. The minimum absolute atomic E-state index is 0. The van der Waals surface area contributed by atoms with Crippen molar-refractivity contribution >= 4 is 23.9 Å². The lowest BCUT2D eigenvalue weighted by Crippen LogP contribution is -2.42. The van der Waals surface area contributed by atoms with E-state index in [1.54, 1.807) is 0 Å². The average molecular weight is 332 g/mol. The SMILES string of the molecule is Cc1nccn1CC1CCC2C(C1=O)c1ccccc1N2C.Cl. The van der Waals surface area contributed by atoms with Crippen LogP contribution in [-0.2, 0) is 11.3 Å². The molecule has 2 aliphatic rings. The lowest BCUT2D eigenvalue weighted by molar-refractivity contribution is -0.127. The summed E-state index contributed by atoms with van der Waals surface area (Å²) >= 11 is 0. The van der Waals surface area contributed by atoms with E-state index in [9.17, 15) is 4.79 Å². The molecule has 122 valence electrons. The molecule has 0 amide bonds. The molecule has 4 rings (SSSR count). The molecule has 2 heterocycles. The fourth-order valence-electron chi connectivity index (χ4n) is 4.17. The Morgan fingerprint density at radius 1 is 1.26 bits per heavy atom. The van der Waals surface area contributed by atoms with Crippen LogP contribution in [0.25, 0.3) is 0 Å². The number of anilines is 1. The number of likely N-dealkylation sites (N-methyl/N-ethyl adjacent to an activating group) is 1. The second kappa shape index (κ2) is 6.00. The van der Waals surface area contributed by atoms with Crippen LogP contribution < -0.4 is 4.90 Å². The highest BCUT2D eigenvalue weighted by molar-refractivity contribution is 5.93. The van der Waals surface area contributed by atoms with Crippen molar-refractivity contribution in [3.05, 3.63) is 48.0 Å². The van der Waals surface area contributed by atoms with E-state index in [0.717, 1.165) is 25.2 Å². The van der Waals surface area contributed by atoms with E-state index in [-0.39, 0.29) is 24.2 Å². The second-order valence-corrected chi connectivity index (χ2v) is 6.52. The van der Waals surface area contributed by atoms with Crippen LogP contribution in [0.1, 0.15) is 30.1 Å². The fraction of sp³-hybridized carbons (Fsp3) is 0.444. The summed E-state index contributed by atoms with van der Waals surface area (Å²) in [6.07, 6.45) is 5.84. The van der Waals surface area contributed by atoms with Crippen molar-refractivity contribution in [3.8, 4) is 0 Å². The minimum atomic E-state index is 0. The lowest BCUT2D eigenvalue weighted by atomic mass is 9.75. The molecule has 0 N–H and O–H groups in total. The first kappa shape index (κ1) is 16.1. The molecular formula is C18H22ClN3O. The van der Waals surface area contributed by atoms with Gasteiger partial charge in [0.05, 0.1) is 5.92 Å². The number of hydrogen-bond acceptors (Lipinski definition) is 3. The summed E-state index contributed by atoms with van der Waals surface area (Å²) in [5.41, 5.74) is 2.44. The third kappa shape index (κ3) is 2.45. The van der Waals surface area contributed by atoms with E-state index in [1.807, 2.05) is 25.4 Å².